The molecule has 15 nitrogen and oxygen atoms in total. The molecule has 14 N–H and O–H groups in total. The van der Waals surface area contributed by atoms with Gasteiger partial charge in [-0.15, -0.1) is 0 Å². The summed E-state index contributed by atoms with van der Waals surface area (Å²) in [6.07, 6.45) is 0. The molecule has 0 aliphatic heterocycles. The van der Waals surface area contributed by atoms with E-state index in [1.165, 1.54) is 32.4 Å². The first-order valence-electron chi connectivity index (χ1n) is 10.9. The van der Waals surface area contributed by atoms with E-state index < -0.39 is 37.4 Å². The minimum absolute atomic E-state index is 0.00472. The van der Waals surface area contributed by atoms with Crippen molar-refractivity contribution in [1.29, 1.82) is 0 Å². The lowest BCUT2D eigenvalue weighted by molar-refractivity contribution is 0.0602. The van der Waals surface area contributed by atoms with Crippen LogP contribution in [0.5, 0.6) is 5.75 Å². The van der Waals surface area contributed by atoms with Crippen molar-refractivity contribution >= 4 is 60.0 Å². The average molecular weight is 601 g/mol. The monoisotopic (exact) mass is 600 g/mol. The summed E-state index contributed by atoms with van der Waals surface area (Å²) in [7, 11) is -5.10. The van der Waals surface area contributed by atoms with Crippen molar-refractivity contribution in [2.75, 3.05) is 61.0 Å². The van der Waals surface area contributed by atoms with Gasteiger partial charge in [-0.05, 0) is 36.4 Å². The van der Waals surface area contributed by atoms with E-state index in [1.54, 1.807) is 24.3 Å². The topological polar surface area (TPSA) is 300 Å². The number of sulfone groups is 1. The van der Waals surface area contributed by atoms with Crippen LogP contribution in [0.3, 0.4) is 0 Å². The Labute approximate surface area is 231 Å². The second-order valence-corrected chi connectivity index (χ2v) is 11.2. The maximum absolute atomic E-state index is 11.5. The van der Waals surface area contributed by atoms with E-state index in [4.69, 9.17) is 48.8 Å². The van der Waals surface area contributed by atoms with Crippen molar-refractivity contribution < 1.29 is 40.8 Å². The maximum Gasteiger partial charge on any atom is 0.339 e. The third-order valence-electron chi connectivity index (χ3n) is 5.01. The number of rotatable bonds is 6. The lowest BCUT2D eigenvalue weighted by Gasteiger charge is -2.10. The van der Waals surface area contributed by atoms with Crippen LogP contribution in [0.2, 0.25) is 0 Å². The zero-order valence-corrected chi connectivity index (χ0v) is 23.2. The standard InChI is InChI=1S/C9H13NO4S.C8H9NO2.C6H10N4O3S/c1-14-9-3-2-7(6-8(9)10)15(12,13)5-4-11;1-11-8(10)6-4-2-3-5-7(6)9;7-2-1-3(14(11,12)13)5(9)6(10)4(2)8/h2-3,6,11H,4-5,10H2,1H3;2-5H,9H2,1H3;1H,7-10H2,(H,11,12,13). The molecule has 40 heavy (non-hydrogen) atoms. The van der Waals surface area contributed by atoms with E-state index in [-0.39, 0.29) is 39.1 Å². The van der Waals surface area contributed by atoms with Crippen molar-refractivity contribution in [2.45, 2.75) is 9.79 Å². The van der Waals surface area contributed by atoms with Gasteiger partial charge >= 0.3 is 5.97 Å². The molecule has 0 saturated heterocycles. The fraction of sp³-hybridized carbons (Fsp3) is 0.174. The summed E-state index contributed by atoms with van der Waals surface area (Å²) in [4.78, 5) is 10.5. The number of carbonyl (C=O) groups is 1. The van der Waals surface area contributed by atoms with Gasteiger partial charge in [0.05, 0.1) is 65.5 Å². The van der Waals surface area contributed by atoms with Gasteiger partial charge in [0.15, 0.2) is 9.84 Å². The lowest BCUT2D eigenvalue weighted by atomic mass is 10.2. The Bertz CT molecular complexity index is 1560. The van der Waals surface area contributed by atoms with Gasteiger partial charge < -0.3 is 49.0 Å². The van der Waals surface area contributed by atoms with Crippen LogP contribution in [0, 0.1) is 0 Å². The zero-order chi connectivity index (χ0) is 30.8. The van der Waals surface area contributed by atoms with Crippen LogP contribution < -0.4 is 39.1 Å². The first-order chi connectivity index (χ1) is 18.5. The van der Waals surface area contributed by atoms with Crippen LogP contribution in [-0.2, 0) is 24.7 Å². The van der Waals surface area contributed by atoms with Gasteiger partial charge in [0, 0.05) is 5.69 Å². The first-order valence-corrected chi connectivity index (χ1v) is 14.0. The summed E-state index contributed by atoms with van der Waals surface area (Å²) in [5.41, 5.74) is 33.1. The maximum atomic E-state index is 11.5. The second kappa shape index (κ2) is 14.1. The Morgan fingerprint density at radius 3 is 1.88 bits per heavy atom. The van der Waals surface area contributed by atoms with E-state index >= 15 is 0 Å². The number of hydrogen-bond donors (Lipinski definition) is 8. The van der Waals surface area contributed by atoms with Gasteiger partial charge in [-0.3, -0.25) is 4.55 Å². The molecule has 0 radical (unpaired) electrons. The molecule has 0 aliphatic carbocycles. The van der Waals surface area contributed by atoms with E-state index in [2.05, 4.69) is 4.74 Å². The quantitative estimate of drug-likeness (QED) is 0.108. The highest BCUT2D eigenvalue weighted by molar-refractivity contribution is 7.91. The molecule has 0 atom stereocenters. The summed E-state index contributed by atoms with van der Waals surface area (Å²) < 4.78 is 62.8. The molecule has 0 unspecified atom stereocenters. The average Bonchev–Trinajstić information content (AvgIpc) is 2.89. The predicted molar refractivity (Wildman–Crippen MR) is 153 cm³/mol. The molecule has 17 heteroatoms. The van der Waals surface area contributed by atoms with Gasteiger partial charge in [0.1, 0.15) is 10.6 Å². The molecule has 0 amide bonds. The Balaban J connectivity index is 0.000000304. The molecular formula is C23H32N6O9S2. The van der Waals surface area contributed by atoms with Gasteiger partial charge in [-0.2, -0.15) is 8.42 Å². The highest BCUT2D eigenvalue weighted by Gasteiger charge is 2.19. The van der Waals surface area contributed by atoms with E-state index in [0.29, 0.717) is 17.0 Å². The number of aliphatic hydroxyl groups excluding tert-OH is 1. The number of ether oxygens (including phenoxy) is 2. The third-order valence-corrected chi connectivity index (χ3v) is 7.59. The smallest absolute Gasteiger partial charge is 0.339 e. The molecule has 0 heterocycles. The lowest BCUT2D eigenvalue weighted by Crippen LogP contribution is -2.10. The molecule has 0 spiro atoms. The van der Waals surface area contributed by atoms with Crippen molar-refractivity contribution in [3.63, 3.8) is 0 Å². The third kappa shape index (κ3) is 8.80. The van der Waals surface area contributed by atoms with Crippen LogP contribution in [0.1, 0.15) is 10.4 Å². The van der Waals surface area contributed by atoms with Crippen molar-refractivity contribution in [3.05, 3.63) is 54.1 Å². The highest BCUT2D eigenvalue weighted by atomic mass is 32.2. The van der Waals surface area contributed by atoms with E-state index in [1.807, 2.05) is 0 Å². The molecule has 0 aromatic heterocycles. The number of esters is 1. The number of para-hydroxylation sites is 1. The summed E-state index contributed by atoms with van der Waals surface area (Å²) >= 11 is 0. The second-order valence-electron chi connectivity index (χ2n) is 7.71. The number of nitrogen functional groups attached to an aromatic ring is 6. The number of methoxy groups -OCH3 is 2. The molecule has 220 valence electrons. The van der Waals surface area contributed by atoms with Crippen LogP contribution >= 0.6 is 0 Å². The van der Waals surface area contributed by atoms with E-state index in [0.717, 1.165) is 6.07 Å². The Morgan fingerprint density at radius 1 is 0.800 bits per heavy atom. The van der Waals surface area contributed by atoms with Crippen LogP contribution in [0.25, 0.3) is 0 Å². The summed E-state index contributed by atoms with van der Waals surface area (Å²) in [6, 6.07) is 12.0. The first kappa shape index (κ1) is 33.6. The van der Waals surface area contributed by atoms with E-state index in [9.17, 15) is 21.6 Å². The van der Waals surface area contributed by atoms with Gasteiger partial charge in [-0.1, -0.05) is 12.1 Å². The fourth-order valence-electron chi connectivity index (χ4n) is 2.88. The number of carbonyl (C=O) groups excluding carboxylic acids is 1. The number of nitrogens with two attached hydrogens (primary N) is 6. The van der Waals surface area contributed by atoms with Crippen molar-refractivity contribution in [2.24, 2.45) is 0 Å². The Morgan fingerprint density at radius 2 is 1.40 bits per heavy atom. The minimum atomic E-state index is -4.44. The summed E-state index contributed by atoms with van der Waals surface area (Å²) in [6.45, 7) is -0.408. The molecule has 3 rings (SSSR count). The van der Waals surface area contributed by atoms with Crippen LogP contribution in [0.15, 0.2) is 58.3 Å². The van der Waals surface area contributed by atoms with Crippen LogP contribution in [-0.4, -0.2) is 59.0 Å². The normalized spacial score (nSPS) is 10.8. The predicted octanol–water partition coefficient (Wildman–Crippen LogP) is 0.361. The summed E-state index contributed by atoms with van der Waals surface area (Å²) in [5.74, 6) is -0.278. The van der Waals surface area contributed by atoms with Gasteiger partial charge in [-0.25, -0.2) is 13.2 Å². The number of hydrogen-bond acceptors (Lipinski definition) is 14. The zero-order valence-electron chi connectivity index (χ0n) is 21.6. The number of anilines is 6. The highest BCUT2D eigenvalue weighted by Crippen LogP contribution is 2.34. The minimum Gasteiger partial charge on any atom is -0.495 e. The van der Waals surface area contributed by atoms with Crippen molar-refractivity contribution in [3.8, 4) is 5.75 Å². The molecule has 3 aromatic carbocycles. The SMILES string of the molecule is COC(=O)c1ccccc1N.COc1ccc(S(=O)(=O)CCO)cc1N.Nc1cc(S(=O)(=O)O)c(N)c(N)c1N. The number of aliphatic hydroxyl groups is 1. The van der Waals surface area contributed by atoms with Crippen LogP contribution in [0.4, 0.5) is 34.1 Å². The molecule has 3 aromatic rings. The number of benzene rings is 3. The summed E-state index contributed by atoms with van der Waals surface area (Å²) in [5, 5.41) is 8.60. The molecular weight excluding hydrogens is 568 g/mol. The van der Waals surface area contributed by atoms with Gasteiger partial charge in [0.25, 0.3) is 10.1 Å². The molecule has 0 fully saturated rings. The molecule has 0 saturated carbocycles. The Hall–Kier alpha value is -4.45. The van der Waals surface area contributed by atoms with Gasteiger partial charge in [0.2, 0.25) is 0 Å². The van der Waals surface area contributed by atoms with Crippen molar-refractivity contribution in [1.82, 2.24) is 0 Å². The molecule has 0 bridgehead atoms. The fourth-order valence-corrected chi connectivity index (χ4v) is 4.60. The molecule has 0 aliphatic rings. The largest absolute Gasteiger partial charge is 0.495 e. The Kier molecular flexibility index (Phi) is 11.8.